The second kappa shape index (κ2) is 5.68. The van der Waals surface area contributed by atoms with Crippen LogP contribution in [0.3, 0.4) is 0 Å². The van der Waals surface area contributed by atoms with E-state index in [1.807, 2.05) is 12.1 Å². The van der Waals surface area contributed by atoms with Gasteiger partial charge in [-0.15, -0.1) is 0 Å². The fraction of sp³-hybridized carbons (Fsp3) is 0.588. The first-order valence-corrected chi connectivity index (χ1v) is 8.02. The third-order valence-electron chi connectivity index (χ3n) is 4.97. The smallest absolute Gasteiger partial charge is 0.244 e. The molecule has 0 aromatic heterocycles. The SMILES string of the molecule is CC1CCN(c2ccc(NC(=O)C3(N)CCC3)cc2)CC1. The van der Waals surface area contributed by atoms with Crippen molar-refractivity contribution in [1.82, 2.24) is 0 Å². The average Bonchev–Trinajstić information content (AvgIpc) is 2.46. The van der Waals surface area contributed by atoms with Crippen molar-refractivity contribution >= 4 is 17.3 Å². The predicted octanol–water partition coefficient (Wildman–Crippen LogP) is 2.74. The molecule has 0 unspecified atom stereocenters. The zero-order valence-electron chi connectivity index (χ0n) is 12.8. The van der Waals surface area contributed by atoms with Gasteiger partial charge in [0.25, 0.3) is 0 Å². The standard InChI is InChI=1S/C17H25N3O/c1-13-7-11-20(12-8-13)15-5-3-14(4-6-15)19-16(21)17(18)9-2-10-17/h3-6,13H,2,7-12,18H2,1H3,(H,19,21). The molecule has 1 aromatic rings. The van der Waals surface area contributed by atoms with Crippen LogP contribution in [0.1, 0.15) is 39.0 Å². The van der Waals surface area contributed by atoms with E-state index in [1.54, 1.807) is 0 Å². The first-order chi connectivity index (χ1) is 10.1. The number of nitrogens with one attached hydrogen (secondary N) is 1. The lowest BCUT2D eigenvalue weighted by Crippen LogP contribution is -2.56. The van der Waals surface area contributed by atoms with Gasteiger partial charge in [-0.2, -0.15) is 0 Å². The zero-order valence-corrected chi connectivity index (χ0v) is 12.8. The average molecular weight is 287 g/mol. The van der Waals surface area contributed by atoms with Crippen LogP contribution in [0.25, 0.3) is 0 Å². The zero-order chi connectivity index (χ0) is 14.9. The molecule has 4 heteroatoms. The van der Waals surface area contributed by atoms with Gasteiger partial charge in [-0.3, -0.25) is 4.79 Å². The van der Waals surface area contributed by atoms with E-state index in [9.17, 15) is 4.79 Å². The van der Waals surface area contributed by atoms with Gasteiger partial charge in [0, 0.05) is 24.5 Å². The minimum absolute atomic E-state index is 0.0479. The summed E-state index contributed by atoms with van der Waals surface area (Å²) in [5, 5.41) is 2.94. The van der Waals surface area contributed by atoms with Crippen LogP contribution in [-0.4, -0.2) is 24.5 Å². The molecule has 114 valence electrons. The molecule has 1 aliphatic heterocycles. The number of piperidine rings is 1. The summed E-state index contributed by atoms with van der Waals surface area (Å²) in [4.78, 5) is 14.5. The predicted molar refractivity (Wildman–Crippen MR) is 86.5 cm³/mol. The molecule has 1 amide bonds. The van der Waals surface area contributed by atoms with Crippen LogP contribution in [-0.2, 0) is 4.79 Å². The van der Waals surface area contributed by atoms with Crippen LogP contribution < -0.4 is 16.0 Å². The second-order valence-electron chi connectivity index (χ2n) is 6.68. The number of nitrogens with zero attached hydrogens (tertiary/aromatic N) is 1. The second-order valence-corrected chi connectivity index (χ2v) is 6.68. The molecule has 1 aromatic carbocycles. The molecule has 4 nitrogen and oxygen atoms in total. The Morgan fingerprint density at radius 1 is 1.24 bits per heavy atom. The van der Waals surface area contributed by atoms with Crippen molar-refractivity contribution in [2.45, 2.75) is 44.6 Å². The molecule has 0 spiro atoms. The van der Waals surface area contributed by atoms with E-state index < -0.39 is 5.54 Å². The Bertz CT molecular complexity index is 499. The largest absolute Gasteiger partial charge is 0.372 e. The number of hydrogen-bond acceptors (Lipinski definition) is 3. The molecule has 0 bridgehead atoms. The minimum Gasteiger partial charge on any atom is -0.372 e. The number of nitrogens with two attached hydrogens (primary N) is 1. The maximum atomic E-state index is 12.1. The Balaban J connectivity index is 1.60. The molecule has 1 saturated carbocycles. The monoisotopic (exact) mass is 287 g/mol. The highest BCUT2D eigenvalue weighted by Gasteiger charge is 2.40. The van der Waals surface area contributed by atoms with Gasteiger partial charge in [-0.1, -0.05) is 6.92 Å². The summed E-state index contributed by atoms with van der Waals surface area (Å²) in [6, 6.07) is 8.14. The normalized spacial score (nSPS) is 21.7. The first-order valence-electron chi connectivity index (χ1n) is 8.02. The van der Waals surface area contributed by atoms with Crippen molar-refractivity contribution in [2.24, 2.45) is 11.7 Å². The number of carbonyl (C=O) groups is 1. The molecular weight excluding hydrogens is 262 g/mol. The molecule has 3 N–H and O–H groups in total. The van der Waals surface area contributed by atoms with E-state index in [-0.39, 0.29) is 5.91 Å². The third-order valence-corrected chi connectivity index (χ3v) is 4.97. The van der Waals surface area contributed by atoms with E-state index in [0.29, 0.717) is 0 Å². The summed E-state index contributed by atoms with van der Waals surface area (Å²) in [5.74, 6) is 0.788. The van der Waals surface area contributed by atoms with Crippen LogP contribution in [0.15, 0.2) is 24.3 Å². The topological polar surface area (TPSA) is 58.4 Å². The summed E-state index contributed by atoms with van der Waals surface area (Å²) in [6.07, 6.45) is 5.16. The van der Waals surface area contributed by atoms with Crippen LogP contribution >= 0.6 is 0 Å². The van der Waals surface area contributed by atoms with E-state index in [4.69, 9.17) is 5.73 Å². The van der Waals surface area contributed by atoms with E-state index in [1.165, 1.54) is 18.5 Å². The highest BCUT2D eigenvalue weighted by atomic mass is 16.2. The Labute approximate surface area is 126 Å². The van der Waals surface area contributed by atoms with E-state index in [0.717, 1.165) is 44.0 Å². The summed E-state index contributed by atoms with van der Waals surface area (Å²) in [6.45, 7) is 4.57. The number of anilines is 2. The van der Waals surface area contributed by atoms with Crippen molar-refractivity contribution in [3.63, 3.8) is 0 Å². The van der Waals surface area contributed by atoms with Gasteiger partial charge in [0.2, 0.25) is 5.91 Å². The third kappa shape index (κ3) is 3.05. The van der Waals surface area contributed by atoms with Gasteiger partial charge in [0.1, 0.15) is 0 Å². The number of benzene rings is 1. The highest BCUT2D eigenvalue weighted by Crippen LogP contribution is 2.30. The Morgan fingerprint density at radius 3 is 2.38 bits per heavy atom. The van der Waals surface area contributed by atoms with Crippen molar-refractivity contribution in [2.75, 3.05) is 23.3 Å². The van der Waals surface area contributed by atoms with Gasteiger partial charge in [0.15, 0.2) is 0 Å². The first kappa shape index (κ1) is 14.4. The van der Waals surface area contributed by atoms with Gasteiger partial charge >= 0.3 is 0 Å². The Hall–Kier alpha value is -1.55. The Kier molecular flexibility index (Phi) is 3.89. The maximum absolute atomic E-state index is 12.1. The molecule has 0 atom stereocenters. The van der Waals surface area contributed by atoms with Crippen molar-refractivity contribution < 1.29 is 4.79 Å². The molecule has 21 heavy (non-hydrogen) atoms. The molecule has 1 heterocycles. The highest BCUT2D eigenvalue weighted by molar-refractivity contribution is 5.98. The van der Waals surface area contributed by atoms with Crippen LogP contribution in [0.5, 0.6) is 0 Å². The lowest BCUT2D eigenvalue weighted by atomic mass is 9.77. The van der Waals surface area contributed by atoms with Gasteiger partial charge in [0.05, 0.1) is 5.54 Å². The molecule has 3 rings (SSSR count). The lowest BCUT2D eigenvalue weighted by Gasteiger charge is -2.36. The van der Waals surface area contributed by atoms with Crippen molar-refractivity contribution in [3.05, 3.63) is 24.3 Å². The summed E-state index contributed by atoms with van der Waals surface area (Å²) < 4.78 is 0. The van der Waals surface area contributed by atoms with Crippen molar-refractivity contribution in [1.29, 1.82) is 0 Å². The Morgan fingerprint density at radius 2 is 1.86 bits per heavy atom. The van der Waals surface area contributed by atoms with E-state index in [2.05, 4.69) is 29.3 Å². The molecule has 1 saturated heterocycles. The molecule has 0 radical (unpaired) electrons. The fourth-order valence-corrected chi connectivity index (χ4v) is 3.06. The van der Waals surface area contributed by atoms with Crippen LogP contribution in [0, 0.1) is 5.92 Å². The van der Waals surface area contributed by atoms with E-state index >= 15 is 0 Å². The van der Waals surface area contributed by atoms with Gasteiger partial charge < -0.3 is 16.0 Å². The quantitative estimate of drug-likeness (QED) is 0.898. The number of amides is 1. The fourth-order valence-electron chi connectivity index (χ4n) is 3.06. The number of rotatable bonds is 3. The minimum atomic E-state index is -0.637. The lowest BCUT2D eigenvalue weighted by molar-refractivity contribution is -0.123. The van der Waals surface area contributed by atoms with Crippen molar-refractivity contribution in [3.8, 4) is 0 Å². The molecule has 2 aliphatic rings. The molecule has 2 fully saturated rings. The van der Waals surface area contributed by atoms with Crippen LogP contribution in [0.4, 0.5) is 11.4 Å². The molecule has 1 aliphatic carbocycles. The summed E-state index contributed by atoms with van der Waals surface area (Å²) in [7, 11) is 0. The number of carbonyl (C=O) groups excluding carboxylic acids is 1. The summed E-state index contributed by atoms with van der Waals surface area (Å²) >= 11 is 0. The van der Waals surface area contributed by atoms with Gasteiger partial charge in [-0.05, 0) is 62.3 Å². The molecular formula is C17H25N3O. The maximum Gasteiger partial charge on any atom is 0.244 e. The van der Waals surface area contributed by atoms with Gasteiger partial charge in [-0.25, -0.2) is 0 Å². The summed E-state index contributed by atoms with van der Waals surface area (Å²) in [5.41, 5.74) is 7.48. The number of hydrogen-bond donors (Lipinski definition) is 2. The van der Waals surface area contributed by atoms with Crippen LogP contribution in [0.2, 0.25) is 0 Å².